The summed E-state index contributed by atoms with van der Waals surface area (Å²) < 4.78 is 41.0. The Balaban J connectivity index is 1.81. The molecule has 0 saturated carbocycles. The molecule has 0 spiro atoms. The second kappa shape index (κ2) is 8.80. The van der Waals surface area contributed by atoms with Gasteiger partial charge < -0.3 is 0 Å². The molecule has 2 nitrogen and oxygen atoms in total. The molecular formula is C25H21Cl2F3N2. The Labute approximate surface area is 194 Å². The van der Waals surface area contributed by atoms with Gasteiger partial charge in [-0.05, 0) is 36.1 Å². The lowest BCUT2D eigenvalue weighted by Gasteiger charge is -2.21. The van der Waals surface area contributed by atoms with E-state index in [1.165, 1.54) is 6.07 Å². The monoisotopic (exact) mass is 476 g/mol. The molecule has 0 aliphatic heterocycles. The molecule has 0 aliphatic carbocycles. The van der Waals surface area contributed by atoms with Crippen molar-refractivity contribution in [3.05, 3.63) is 88.0 Å². The van der Waals surface area contributed by atoms with Crippen LogP contribution in [0.3, 0.4) is 0 Å². The SMILES string of the molecule is CC(C)CC(c1ccccc1)n1ncc2c(Cl)c(-c3ccc(C(F)(F)F)cc3Cl)ccc21. The van der Waals surface area contributed by atoms with Crippen molar-refractivity contribution < 1.29 is 13.2 Å². The molecule has 1 atom stereocenters. The smallest absolute Gasteiger partial charge is 0.257 e. The molecule has 0 aliphatic rings. The lowest BCUT2D eigenvalue weighted by Crippen LogP contribution is -2.14. The minimum atomic E-state index is -4.46. The summed E-state index contributed by atoms with van der Waals surface area (Å²) in [5.74, 6) is 0.445. The molecule has 4 rings (SSSR count). The van der Waals surface area contributed by atoms with Crippen molar-refractivity contribution in [3.63, 3.8) is 0 Å². The van der Waals surface area contributed by atoms with Crippen molar-refractivity contribution in [2.45, 2.75) is 32.5 Å². The van der Waals surface area contributed by atoms with Crippen LogP contribution in [0.1, 0.15) is 37.4 Å². The number of rotatable bonds is 5. The van der Waals surface area contributed by atoms with E-state index in [4.69, 9.17) is 23.2 Å². The van der Waals surface area contributed by atoms with Gasteiger partial charge in [-0.3, -0.25) is 4.68 Å². The molecule has 0 saturated heterocycles. The van der Waals surface area contributed by atoms with Crippen LogP contribution in [0.4, 0.5) is 13.2 Å². The van der Waals surface area contributed by atoms with Crippen molar-refractivity contribution in [3.8, 4) is 11.1 Å². The lowest BCUT2D eigenvalue weighted by atomic mass is 9.96. The number of hydrogen-bond donors (Lipinski definition) is 0. The molecular weight excluding hydrogens is 456 g/mol. The highest BCUT2D eigenvalue weighted by atomic mass is 35.5. The summed E-state index contributed by atoms with van der Waals surface area (Å²) in [4.78, 5) is 0. The van der Waals surface area contributed by atoms with E-state index in [0.29, 0.717) is 22.1 Å². The van der Waals surface area contributed by atoms with E-state index in [1.54, 1.807) is 12.3 Å². The van der Waals surface area contributed by atoms with Crippen LogP contribution in [-0.4, -0.2) is 9.78 Å². The predicted molar refractivity (Wildman–Crippen MR) is 124 cm³/mol. The quantitative estimate of drug-likeness (QED) is 0.281. The van der Waals surface area contributed by atoms with Crippen LogP contribution < -0.4 is 0 Å². The van der Waals surface area contributed by atoms with E-state index in [0.717, 1.165) is 35.0 Å². The van der Waals surface area contributed by atoms with Gasteiger partial charge >= 0.3 is 6.18 Å². The summed E-state index contributed by atoms with van der Waals surface area (Å²) >= 11 is 12.9. The third kappa shape index (κ3) is 4.37. The highest BCUT2D eigenvalue weighted by molar-refractivity contribution is 6.39. The van der Waals surface area contributed by atoms with E-state index in [9.17, 15) is 13.2 Å². The number of alkyl halides is 3. The van der Waals surface area contributed by atoms with Crippen LogP contribution in [-0.2, 0) is 6.18 Å². The molecule has 1 heterocycles. The van der Waals surface area contributed by atoms with Crippen LogP contribution in [0.25, 0.3) is 22.0 Å². The van der Waals surface area contributed by atoms with Crippen LogP contribution in [0.2, 0.25) is 10.0 Å². The second-order valence-corrected chi connectivity index (χ2v) is 8.98. The summed E-state index contributed by atoms with van der Waals surface area (Å²) in [7, 11) is 0. The minimum Gasteiger partial charge on any atom is -0.257 e. The summed E-state index contributed by atoms with van der Waals surface area (Å²) in [5.41, 5.74) is 2.22. The second-order valence-electron chi connectivity index (χ2n) is 8.20. The van der Waals surface area contributed by atoms with Crippen molar-refractivity contribution >= 4 is 34.1 Å². The van der Waals surface area contributed by atoms with Gasteiger partial charge in [-0.1, -0.05) is 79.5 Å². The zero-order valence-corrected chi connectivity index (χ0v) is 19.0. The van der Waals surface area contributed by atoms with Gasteiger partial charge in [0, 0.05) is 21.5 Å². The standard InChI is InChI=1S/C25H21Cl2F3N2/c1-15(2)12-23(16-6-4-3-5-7-16)32-22-11-10-19(24(27)20(22)14-31-32)18-9-8-17(13-21(18)26)25(28,29)30/h3-11,13-15,23H,12H2,1-2H3. The highest BCUT2D eigenvalue weighted by Crippen LogP contribution is 2.41. The summed E-state index contributed by atoms with van der Waals surface area (Å²) in [6.07, 6.45) is -1.86. The van der Waals surface area contributed by atoms with Crippen LogP contribution in [0.15, 0.2) is 66.9 Å². The van der Waals surface area contributed by atoms with E-state index < -0.39 is 11.7 Å². The number of aromatic nitrogens is 2. The number of nitrogens with zero attached hydrogens (tertiary/aromatic N) is 2. The molecule has 166 valence electrons. The van der Waals surface area contributed by atoms with Crippen LogP contribution >= 0.6 is 23.2 Å². The van der Waals surface area contributed by atoms with Gasteiger partial charge in [0.1, 0.15) is 0 Å². The molecule has 1 aromatic heterocycles. The fourth-order valence-electron chi connectivity index (χ4n) is 3.95. The maximum Gasteiger partial charge on any atom is 0.416 e. The van der Waals surface area contributed by atoms with Gasteiger partial charge in [0.15, 0.2) is 0 Å². The fraction of sp³-hybridized carbons (Fsp3) is 0.240. The van der Waals surface area contributed by atoms with Crippen molar-refractivity contribution in [2.24, 2.45) is 5.92 Å². The van der Waals surface area contributed by atoms with Crippen molar-refractivity contribution in [1.82, 2.24) is 9.78 Å². The Hall–Kier alpha value is -2.50. The molecule has 0 radical (unpaired) electrons. The Kier molecular flexibility index (Phi) is 6.24. The minimum absolute atomic E-state index is 0.00423. The van der Waals surface area contributed by atoms with Gasteiger partial charge in [-0.25, -0.2) is 0 Å². The molecule has 0 bridgehead atoms. The van der Waals surface area contributed by atoms with Gasteiger partial charge in [-0.2, -0.15) is 18.3 Å². The van der Waals surface area contributed by atoms with Crippen molar-refractivity contribution in [2.75, 3.05) is 0 Å². The maximum atomic E-state index is 13.0. The first kappa shape index (κ1) is 22.7. The zero-order chi connectivity index (χ0) is 23.0. The molecule has 7 heteroatoms. The molecule has 3 aromatic carbocycles. The van der Waals surface area contributed by atoms with Gasteiger partial charge in [0.05, 0.1) is 28.3 Å². The molecule has 32 heavy (non-hydrogen) atoms. The largest absolute Gasteiger partial charge is 0.416 e. The first-order chi connectivity index (χ1) is 15.2. The molecule has 1 unspecified atom stereocenters. The van der Waals surface area contributed by atoms with Gasteiger partial charge in [0.25, 0.3) is 0 Å². The molecule has 0 fully saturated rings. The third-order valence-corrected chi connectivity index (χ3v) is 6.20. The van der Waals surface area contributed by atoms with E-state index >= 15 is 0 Å². The molecule has 0 N–H and O–H groups in total. The summed E-state index contributed by atoms with van der Waals surface area (Å²) in [6.45, 7) is 4.33. The van der Waals surface area contributed by atoms with Crippen molar-refractivity contribution in [1.29, 1.82) is 0 Å². The Morgan fingerprint density at radius 3 is 2.25 bits per heavy atom. The molecule has 4 aromatic rings. The van der Waals surface area contributed by atoms with Crippen LogP contribution in [0.5, 0.6) is 0 Å². The number of hydrogen-bond acceptors (Lipinski definition) is 1. The lowest BCUT2D eigenvalue weighted by molar-refractivity contribution is -0.137. The van der Waals surface area contributed by atoms with Gasteiger partial charge in [-0.15, -0.1) is 0 Å². The predicted octanol–water partition coefficient (Wildman–Crippen LogP) is 8.66. The van der Waals surface area contributed by atoms with E-state index in [-0.39, 0.29) is 11.1 Å². The average molecular weight is 477 g/mol. The van der Waals surface area contributed by atoms with E-state index in [1.807, 2.05) is 28.9 Å². The summed E-state index contributed by atoms with van der Waals surface area (Å²) in [5, 5.41) is 5.77. The Morgan fingerprint density at radius 2 is 1.62 bits per heavy atom. The Bertz CT molecular complexity index is 1250. The first-order valence-corrected chi connectivity index (χ1v) is 11.0. The summed E-state index contributed by atoms with van der Waals surface area (Å²) in [6, 6.07) is 17.2. The number of halogens is 5. The fourth-order valence-corrected chi connectivity index (χ4v) is 4.55. The average Bonchev–Trinajstić information content (AvgIpc) is 3.17. The molecule has 0 amide bonds. The zero-order valence-electron chi connectivity index (χ0n) is 17.5. The topological polar surface area (TPSA) is 17.8 Å². The first-order valence-electron chi connectivity index (χ1n) is 10.2. The number of benzene rings is 3. The van der Waals surface area contributed by atoms with E-state index in [2.05, 4.69) is 31.1 Å². The Morgan fingerprint density at radius 1 is 0.938 bits per heavy atom. The highest BCUT2D eigenvalue weighted by Gasteiger charge is 2.31. The number of fused-ring (bicyclic) bond motifs is 1. The van der Waals surface area contributed by atoms with Crippen LogP contribution in [0, 0.1) is 5.92 Å². The third-order valence-electron chi connectivity index (χ3n) is 5.48. The normalized spacial score (nSPS) is 13.1. The maximum absolute atomic E-state index is 13.0. The van der Waals surface area contributed by atoms with Gasteiger partial charge in [0.2, 0.25) is 0 Å².